The highest BCUT2D eigenvalue weighted by Crippen LogP contribution is 2.31. The SMILES string of the molecule is O=C(NCCCc1ccccn1)c1ccc(N[C@H]2CCc3cccnc32)nc1. The lowest BCUT2D eigenvalue weighted by atomic mass is 10.2. The summed E-state index contributed by atoms with van der Waals surface area (Å²) in [6.45, 7) is 0.611. The summed E-state index contributed by atoms with van der Waals surface area (Å²) in [4.78, 5) is 25.5. The average molecular weight is 373 g/mol. The van der Waals surface area contributed by atoms with Crippen molar-refractivity contribution in [2.24, 2.45) is 0 Å². The second-order valence-corrected chi connectivity index (χ2v) is 6.90. The number of pyridine rings is 3. The molecule has 142 valence electrons. The fourth-order valence-electron chi connectivity index (χ4n) is 3.46. The third kappa shape index (κ3) is 4.34. The molecule has 1 amide bonds. The summed E-state index contributed by atoms with van der Waals surface area (Å²) in [5.41, 5.74) is 3.99. The number of nitrogens with zero attached hydrogens (tertiary/aromatic N) is 3. The molecular formula is C22H23N5O. The molecule has 28 heavy (non-hydrogen) atoms. The van der Waals surface area contributed by atoms with Gasteiger partial charge in [-0.05, 0) is 61.6 Å². The normalized spacial score (nSPS) is 15.1. The van der Waals surface area contributed by atoms with Crippen LogP contribution in [0.4, 0.5) is 5.82 Å². The van der Waals surface area contributed by atoms with Crippen LogP contribution < -0.4 is 10.6 Å². The zero-order valence-corrected chi connectivity index (χ0v) is 15.6. The number of aromatic nitrogens is 3. The van der Waals surface area contributed by atoms with Crippen LogP contribution in [0.5, 0.6) is 0 Å². The molecule has 0 aliphatic heterocycles. The van der Waals surface area contributed by atoms with Gasteiger partial charge in [0.25, 0.3) is 5.91 Å². The number of carbonyl (C=O) groups excluding carboxylic acids is 1. The van der Waals surface area contributed by atoms with E-state index in [9.17, 15) is 4.79 Å². The van der Waals surface area contributed by atoms with E-state index in [0.29, 0.717) is 12.1 Å². The summed E-state index contributed by atoms with van der Waals surface area (Å²) in [7, 11) is 0. The molecule has 0 bridgehead atoms. The van der Waals surface area contributed by atoms with E-state index in [4.69, 9.17) is 0 Å². The molecule has 0 aromatic carbocycles. The molecule has 1 aliphatic rings. The van der Waals surface area contributed by atoms with Crippen LogP contribution >= 0.6 is 0 Å². The van der Waals surface area contributed by atoms with Crippen LogP contribution in [-0.2, 0) is 12.8 Å². The first-order valence-electron chi connectivity index (χ1n) is 9.64. The van der Waals surface area contributed by atoms with E-state index in [1.54, 1.807) is 18.5 Å². The molecule has 0 radical (unpaired) electrons. The van der Waals surface area contributed by atoms with Gasteiger partial charge in [-0.25, -0.2) is 4.98 Å². The van der Waals surface area contributed by atoms with E-state index in [1.165, 1.54) is 5.56 Å². The number of hydrogen-bond acceptors (Lipinski definition) is 5. The first kappa shape index (κ1) is 18.1. The number of amides is 1. The Kier molecular flexibility index (Phi) is 5.56. The summed E-state index contributed by atoms with van der Waals surface area (Å²) in [6.07, 6.45) is 8.96. The van der Waals surface area contributed by atoms with Gasteiger partial charge >= 0.3 is 0 Å². The Labute approximate surface area is 164 Å². The van der Waals surface area contributed by atoms with E-state index in [-0.39, 0.29) is 11.9 Å². The molecule has 0 fully saturated rings. The lowest BCUT2D eigenvalue weighted by molar-refractivity contribution is 0.0953. The smallest absolute Gasteiger partial charge is 0.252 e. The lowest BCUT2D eigenvalue weighted by Crippen LogP contribution is -2.25. The Morgan fingerprint density at radius 3 is 2.79 bits per heavy atom. The quantitative estimate of drug-likeness (QED) is 0.621. The van der Waals surface area contributed by atoms with Crippen molar-refractivity contribution < 1.29 is 4.79 Å². The molecule has 3 aromatic heterocycles. The van der Waals surface area contributed by atoms with Gasteiger partial charge in [0.05, 0.1) is 17.3 Å². The first-order chi connectivity index (χ1) is 13.8. The molecule has 2 N–H and O–H groups in total. The Morgan fingerprint density at radius 1 is 1.04 bits per heavy atom. The first-order valence-corrected chi connectivity index (χ1v) is 9.64. The Morgan fingerprint density at radius 2 is 1.96 bits per heavy atom. The molecule has 0 unspecified atom stereocenters. The summed E-state index contributed by atoms with van der Waals surface area (Å²) in [5, 5.41) is 6.36. The lowest BCUT2D eigenvalue weighted by Gasteiger charge is -2.14. The Hall–Kier alpha value is -3.28. The van der Waals surface area contributed by atoms with Crippen molar-refractivity contribution in [2.45, 2.75) is 31.7 Å². The second kappa shape index (κ2) is 8.61. The van der Waals surface area contributed by atoms with Crippen molar-refractivity contribution in [2.75, 3.05) is 11.9 Å². The minimum absolute atomic E-state index is 0.104. The number of carbonyl (C=O) groups is 1. The Balaban J connectivity index is 1.26. The molecule has 3 heterocycles. The predicted molar refractivity (Wildman–Crippen MR) is 108 cm³/mol. The number of aryl methyl sites for hydroxylation is 2. The van der Waals surface area contributed by atoms with Crippen LogP contribution in [-0.4, -0.2) is 27.4 Å². The van der Waals surface area contributed by atoms with Crippen molar-refractivity contribution >= 4 is 11.7 Å². The maximum absolute atomic E-state index is 12.3. The van der Waals surface area contributed by atoms with Gasteiger partial charge in [0, 0.05) is 30.8 Å². The molecule has 0 saturated carbocycles. The highest BCUT2D eigenvalue weighted by Gasteiger charge is 2.23. The number of fused-ring (bicyclic) bond motifs is 1. The van der Waals surface area contributed by atoms with Crippen LogP contribution in [0.15, 0.2) is 61.1 Å². The summed E-state index contributed by atoms with van der Waals surface area (Å²) < 4.78 is 0. The molecule has 6 heteroatoms. The molecule has 1 aliphatic carbocycles. The maximum atomic E-state index is 12.3. The van der Waals surface area contributed by atoms with E-state index in [2.05, 4.69) is 31.7 Å². The van der Waals surface area contributed by atoms with Gasteiger partial charge < -0.3 is 10.6 Å². The van der Waals surface area contributed by atoms with Gasteiger partial charge in [-0.1, -0.05) is 12.1 Å². The van der Waals surface area contributed by atoms with Gasteiger partial charge in [-0.3, -0.25) is 14.8 Å². The molecule has 3 aromatic rings. The minimum atomic E-state index is -0.104. The Bertz CT molecular complexity index is 927. The zero-order chi connectivity index (χ0) is 19.2. The highest BCUT2D eigenvalue weighted by molar-refractivity contribution is 5.94. The van der Waals surface area contributed by atoms with Crippen molar-refractivity contribution in [3.8, 4) is 0 Å². The van der Waals surface area contributed by atoms with Gasteiger partial charge in [0.2, 0.25) is 0 Å². The van der Waals surface area contributed by atoms with Crippen LogP contribution in [0.3, 0.4) is 0 Å². The van der Waals surface area contributed by atoms with Crippen molar-refractivity contribution in [3.63, 3.8) is 0 Å². The van der Waals surface area contributed by atoms with Crippen LogP contribution in [0.1, 0.15) is 46.2 Å². The molecular weight excluding hydrogens is 350 g/mol. The van der Waals surface area contributed by atoms with E-state index in [1.807, 2.05) is 36.5 Å². The highest BCUT2D eigenvalue weighted by atomic mass is 16.1. The van der Waals surface area contributed by atoms with Gasteiger partial charge in [-0.2, -0.15) is 0 Å². The summed E-state index contributed by atoms with van der Waals surface area (Å²) in [6, 6.07) is 13.8. The molecule has 4 rings (SSSR count). The number of anilines is 1. The molecule has 0 spiro atoms. The van der Waals surface area contributed by atoms with Gasteiger partial charge in [0.1, 0.15) is 5.82 Å². The third-order valence-electron chi connectivity index (χ3n) is 4.93. The average Bonchev–Trinajstić information content (AvgIpc) is 3.15. The van der Waals surface area contributed by atoms with Gasteiger partial charge in [-0.15, -0.1) is 0 Å². The fraction of sp³-hybridized carbons (Fsp3) is 0.273. The van der Waals surface area contributed by atoms with Crippen LogP contribution in [0.25, 0.3) is 0 Å². The molecule has 0 saturated heterocycles. The minimum Gasteiger partial charge on any atom is -0.362 e. The zero-order valence-electron chi connectivity index (χ0n) is 15.6. The topological polar surface area (TPSA) is 79.8 Å². The van der Waals surface area contributed by atoms with Crippen LogP contribution in [0.2, 0.25) is 0 Å². The predicted octanol–water partition coefficient (Wildman–Crippen LogP) is 3.33. The summed E-state index contributed by atoms with van der Waals surface area (Å²) >= 11 is 0. The number of hydrogen-bond donors (Lipinski definition) is 2. The maximum Gasteiger partial charge on any atom is 0.252 e. The number of rotatable bonds is 7. The molecule has 1 atom stereocenters. The number of nitrogens with one attached hydrogen (secondary N) is 2. The third-order valence-corrected chi connectivity index (χ3v) is 4.93. The van der Waals surface area contributed by atoms with Crippen molar-refractivity contribution in [1.29, 1.82) is 0 Å². The van der Waals surface area contributed by atoms with Crippen molar-refractivity contribution in [1.82, 2.24) is 20.3 Å². The van der Waals surface area contributed by atoms with E-state index >= 15 is 0 Å². The van der Waals surface area contributed by atoms with Gasteiger partial charge in [0.15, 0.2) is 0 Å². The van der Waals surface area contributed by atoms with E-state index < -0.39 is 0 Å². The van der Waals surface area contributed by atoms with E-state index in [0.717, 1.165) is 42.9 Å². The second-order valence-electron chi connectivity index (χ2n) is 6.90. The van der Waals surface area contributed by atoms with Crippen molar-refractivity contribution in [3.05, 3.63) is 83.6 Å². The monoisotopic (exact) mass is 373 g/mol. The molecule has 6 nitrogen and oxygen atoms in total. The fourth-order valence-corrected chi connectivity index (χ4v) is 3.46. The summed E-state index contributed by atoms with van der Waals surface area (Å²) in [5.74, 6) is 0.656. The largest absolute Gasteiger partial charge is 0.362 e. The standard InChI is InChI=1S/C22H23N5O/c28-22(25-14-4-7-18-6-1-2-12-23-18)17-9-11-20(26-15-17)27-19-10-8-16-5-3-13-24-21(16)19/h1-3,5-6,9,11-13,15,19H,4,7-8,10,14H2,(H,25,28)(H,26,27)/t19-/m0/s1. The van der Waals surface area contributed by atoms with Crippen LogP contribution in [0, 0.1) is 0 Å².